The predicted molar refractivity (Wildman–Crippen MR) is 122 cm³/mol. The third-order valence-corrected chi connectivity index (χ3v) is 6.67. The van der Waals surface area contributed by atoms with Crippen LogP contribution in [0.1, 0.15) is 18.0 Å². The standard InChI is InChI=1S/C22H17ClFN5O2S/c1-12-2-3-13(23)8-18(12)26-19(30)9-16-11-32-22-27-20-17(21(31)28(16)22)10-25-29(20)15-6-4-14(24)5-7-15/h2-8,10,16H,9,11H2,1H3,(H,26,30). The van der Waals surface area contributed by atoms with E-state index in [1.807, 2.05) is 13.0 Å². The Morgan fingerprint density at radius 3 is 2.84 bits per heavy atom. The molecule has 2 aromatic carbocycles. The van der Waals surface area contributed by atoms with Gasteiger partial charge in [-0.25, -0.2) is 14.1 Å². The van der Waals surface area contributed by atoms with Crippen molar-refractivity contribution in [3.8, 4) is 5.69 Å². The van der Waals surface area contributed by atoms with Crippen molar-refractivity contribution in [2.24, 2.45) is 0 Å². The number of thioether (sulfide) groups is 1. The number of fused-ring (bicyclic) bond motifs is 2. The fourth-order valence-electron chi connectivity index (χ4n) is 3.70. The van der Waals surface area contributed by atoms with Gasteiger partial charge in [-0.1, -0.05) is 29.4 Å². The van der Waals surface area contributed by atoms with Crippen LogP contribution in [0.15, 0.2) is 58.6 Å². The Labute approximate surface area is 191 Å². The SMILES string of the molecule is Cc1ccc(Cl)cc1NC(=O)CC1CSc2nc3c(cnn3-c3ccc(F)cc3)c(=O)n21. The molecule has 0 fully saturated rings. The molecule has 0 saturated carbocycles. The number of amides is 1. The molecule has 0 spiro atoms. The van der Waals surface area contributed by atoms with E-state index in [9.17, 15) is 14.0 Å². The van der Waals surface area contributed by atoms with Gasteiger partial charge in [-0.05, 0) is 48.9 Å². The minimum absolute atomic E-state index is 0.130. The average molecular weight is 470 g/mol. The van der Waals surface area contributed by atoms with Crippen LogP contribution in [0, 0.1) is 12.7 Å². The van der Waals surface area contributed by atoms with E-state index < -0.39 is 0 Å². The molecule has 0 radical (unpaired) electrons. The monoisotopic (exact) mass is 469 g/mol. The molecule has 4 aromatic rings. The lowest BCUT2D eigenvalue weighted by molar-refractivity contribution is -0.116. The topological polar surface area (TPSA) is 81.8 Å². The number of hydrogen-bond acceptors (Lipinski definition) is 5. The van der Waals surface area contributed by atoms with Gasteiger partial charge in [0.1, 0.15) is 11.2 Å². The Morgan fingerprint density at radius 1 is 1.28 bits per heavy atom. The van der Waals surface area contributed by atoms with Crippen LogP contribution in [-0.2, 0) is 4.79 Å². The van der Waals surface area contributed by atoms with E-state index in [1.54, 1.807) is 28.8 Å². The molecular formula is C22H17ClFN5O2S. The zero-order chi connectivity index (χ0) is 22.4. The van der Waals surface area contributed by atoms with Gasteiger partial charge in [0.2, 0.25) is 5.91 Å². The average Bonchev–Trinajstić information content (AvgIpc) is 3.36. The van der Waals surface area contributed by atoms with Crippen LogP contribution in [0.25, 0.3) is 16.7 Å². The van der Waals surface area contributed by atoms with Crippen molar-refractivity contribution in [2.75, 3.05) is 11.1 Å². The first kappa shape index (κ1) is 20.7. The Morgan fingerprint density at radius 2 is 2.06 bits per heavy atom. The maximum atomic E-state index is 13.3. The molecule has 2 aromatic heterocycles. The molecule has 1 aliphatic heterocycles. The van der Waals surface area contributed by atoms with Crippen molar-refractivity contribution in [2.45, 2.75) is 24.5 Å². The zero-order valence-corrected chi connectivity index (χ0v) is 18.5. The number of aryl methyl sites for hydroxylation is 1. The summed E-state index contributed by atoms with van der Waals surface area (Å²) in [5.41, 5.74) is 2.31. The summed E-state index contributed by atoms with van der Waals surface area (Å²) in [5, 5.41) is 8.56. The number of carbonyl (C=O) groups excluding carboxylic acids is 1. The Bertz CT molecular complexity index is 1420. The van der Waals surface area contributed by atoms with E-state index in [4.69, 9.17) is 11.6 Å². The molecule has 32 heavy (non-hydrogen) atoms. The van der Waals surface area contributed by atoms with Crippen LogP contribution in [-0.4, -0.2) is 31.0 Å². The van der Waals surface area contributed by atoms with Crippen molar-refractivity contribution >= 4 is 46.0 Å². The van der Waals surface area contributed by atoms with E-state index in [1.165, 1.54) is 34.8 Å². The summed E-state index contributed by atoms with van der Waals surface area (Å²) in [6.07, 6.45) is 1.59. The summed E-state index contributed by atoms with van der Waals surface area (Å²) in [4.78, 5) is 30.5. The summed E-state index contributed by atoms with van der Waals surface area (Å²) >= 11 is 7.45. The molecule has 5 rings (SSSR count). The summed E-state index contributed by atoms with van der Waals surface area (Å²) in [6.45, 7) is 1.89. The molecule has 1 amide bonds. The minimum atomic E-state index is -0.358. The molecule has 7 nitrogen and oxygen atoms in total. The Balaban J connectivity index is 1.44. The lowest BCUT2D eigenvalue weighted by Crippen LogP contribution is -2.27. The first-order chi connectivity index (χ1) is 15.4. The van der Waals surface area contributed by atoms with Crippen LogP contribution in [0.2, 0.25) is 5.02 Å². The quantitative estimate of drug-likeness (QED) is 0.449. The molecule has 10 heteroatoms. The van der Waals surface area contributed by atoms with Gasteiger partial charge >= 0.3 is 0 Å². The van der Waals surface area contributed by atoms with Gasteiger partial charge in [0.25, 0.3) is 5.56 Å². The van der Waals surface area contributed by atoms with Crippen molar-refractivity contribution in [3.63, 3.8) is 0 Å². The van der Waals surface area contributed by atoms with Crippen LogP contribution in [0.5, 0.6) is 0 Å². The summed E-state index contributed by atoms with van der Waals surface area (Å²) in [6, 6.07) is 10.8. The van der Waals surface area contributed by atoms with Crippen LogP contribution in [0.4, 0.5) is 10.1 Å². The van der Waals surface area contributed by atoms with E-state index in [-0.39, 0.29) is 29.7 Å². The molecule has 3 heterocycles. The third kappa shape index (κ3) is 3.67. The molecule has 162 valence electrons. The molecule has 1 atom stereocenters. The van der Waals surface area contributed by atoms with Crippen LogP contribution < -0.4 is 10.9 Å². The molecule has 0 bridgehead atoms. The smallest absolute Gasteiger partial charge is 0.265 e. The fourth-order valence-corrected chi connectivity index (χ4v) is 5.00. The molecular weight excluding hydrogens is 453 g/mol. The van der Waals surface area contributed by atoms with E-state index >= 15 is 0 Å². The third-order valence-electron chi connectivity index (χ3n) is 5.34. The molecule has 1 aliphatic rings. The largest absolute Gasteiger partial charge is 0.326 e. The second-order valence-electron chi connectivity index (χ2n) is 7.52. The highest BCUT2D eigenvalue weighted by molar-refractivity contribution is 7.99. The number of aromatic nitrogens is 4. The number of nitrogens with zero attached hydrogens (tertiary/aromatic N) is 4. The van der Waals surface area contributed by atoms with Gasteiger partial charge in [0.15, 0.2) is 10.8 Å². The lowest BCUT2D eigenvalue weighted by atomic mass is 10.1. The molecule has 1 unspecified atom stereocenters. The fraction of sp³-hybridized carbons (Fsp3) is 0.182. The van der Waals surface area contributed by atoms with Crippen molar-refractivity contribution in [3.05, 3.63) is 75.4 Å². The second-order valence-corrected chi connectivity index (χ2v) is 8.94. The number of rotatable bonds is 4. The summed E-state index contributed by atoms with van der Waals surface area (Å²) in [7, 11) is 0. The number of carbonyl (C=O) groups is 1. The van der Waals surface area contributed by atoms with Gasteiger partial charge in [0, 0.05) is 22.9 Å². The predicted octanol–water partition coefficient (Wildman–Crippen LogP) is 4.36. The first-order valence-electron chi connectivity index (χ1n) is 9.86. The molecule has 0 aliphatic carbocycles. The maximum absolute atomic E-state index is 13.3. The van der Waals surface area contributed by atoms with E-state index in [0.29, 0.717) is 38.3 Å². The number of halogens is 2. The number of benzene rings is 2. The number of nitrogens with one attached hydrogen (secondary N) is 1. The van der Waals surface area contributed by atoms with Gasteiger partial charge in [-0.15, -0.1) is 0 Å². The zero-order valence-electron chi connectivity index (χ0n) is 16.9. The van der Waals surface area contributed by atoms with Crippen molar-refractivity contribution < 1.29 is 9.18 Å². The first-order valence-corrected chi connectivity index (χ1v) is 11.2. The van der Waals surface area contributed by atoms with Gasteiger partial charge in [-0.2, -0.15) is 5.10 Å². The molecule has 1 N–H and O–H groups in total. The summed E-state index contributed by atoms with van der Waals surface area (Å²) < 4.78 is 16.3. The minimum Gasteiger partial charge on any atom is -0.326 e. The van der Waals surface area contributed by atoms with Crippen molar-refractivity contribution in [1.29, 1.82) is 0 Å². The van der Waals surface area contributed by atoms with Gasteiger partial charge < -0.3 is 5.32 Å². The normalized spacial score (nSPS) is 15.2. The van der Waals surface area contributed by atoms with Gasteiger partial charge in [-0.3, -0.25) is 14.2 Å². The maximum Gasteiger partial charge on any atom is 0.265 e. The lowest BCUT2D eigenvalue weighted by Gasteiger charge is -2.14. The second kappa shape index (κ2) is 8.07. The van der Waals surface area contributed by atoms with E-state index in [2.05, 4.69) is 15.4 Å². The van der Waals surface area contributed by atoms with Gasteiger partial charge in [0.05, 0.1) is 17.9 Å². The van der Waals surface area contributed by atoms with Crippen LogP contribution >= 0.6 is 23.4 Å². The summed E-state index contributed by atoms with van der Waals surface area (Å²) in [5.74, 6) is -0.00702. The van der Waals surface area contributed by atoms with Crippen LogP contribution in [0.3, 0.4) is 0 Å². The molecule has 0 saturated heterocycles. The highest BCUT2D eigenvalue weighted by Crippen LogP contribution is 2.34. The highest BCUT2D eigenvalue weighted by Gasteiger charge is 2.29. The highest BCUT2D eigenvalue weighted by atomic mass is 35.5. The number of hydrogen-bond donors (Lipinski definition) is 1. The van der Waals surface area contributed by atoms with E-state index in [0.717, 1.165) is 5.56 Å². The van der Waals surface area contributed by atoms with Crippen molar-refractivity contribution in [1.82, 2.24) is 19.3 Å². The Hall–Kier alpha value is -3.17. The Kier molecular flexibility index (Phi) is 5.22. The number of anilines is 1.